The molecule has 7 heteroatoms. The van der Waals surface area contributed by atoms with E-state index in [0.717, 1.165) is 42.3 Å². The SMILES string of the molecule is Cc1cc(N2CC[NH+](C)CC2)ccc1NC(=O)c1ccc2c(c1)NC(=O)[C@H](C)S2. The van der Waals surface area contributed by atoms with Gasteiger partial charge < -0.3 is 20.4 Å². The van der Waals surface area contributed by atoms with E-state index in [4.69, 9.17) is 0 Å². The van der Waals surface area contributed by atoms with E-state index in [9.17, 15) is 9.59 Å². The number of nitrogens with zero attached hydrogens (tertiary/aromatic N) is 1. The molecule has 1 atom stereocenters. The Bertz CT molecular complexity index is 954. The third kappa shape index (κ3) is 4.26. The fraction of sp³-hybridized carbons (Fsp3) is 0.364. The highest BCUT2D eigenvalue weighted by Crippen LogP contribution is 2.36. The topological polar surface area (TPSA) is 65.9 Å². The van der Waals surface area contributed by atoms with Crippen LogP contribution in [-0.2, 0) is 4.79 Å². The van der Waals surface area contributed by atoms with Crippen LogP contribution in [0.5, 0.6) is 0 Å². The highest BCUT2D eigenvalue weighted by molar-refractivity contribution is 8.00. The van der Waals surface area contributed by atoms with Gasteiger partial charge in [-0.3, -0.25) is 9.59 Å². The van der Waals surface area contributed by atoms with Crippen LogP contribution in [0, 0.1) is 6.92 Å². The summed E-state index contributed by atoms with van der Waals surface area (Å²) in [6.45, 7) is 8.28. The van der Waals surface area contributed by atoms with E-state index in [-0.39, 0.29) is 17.1 Å². The first kappa shape index (κ1) is 19.8. The molecule has 0 saturated carbocycles. The van der Waals surface area contributed by atoms with Crippen molar-refractivity contribution in [1.82, 2.24) is 0 Å². The van der Waals surface area contributed by atoms with E-state index in [0.29, 0.717) is 11.3 Å². The normalized spacial score (nSPS) is 19.5. The van der Waals surface area contributed by atoms with Gasteiger partial charge in [-0.25, -0.2) is 0 Å². The molecule has 1 saturated heterocycles. The van der Waals surface area contributed by atoms with Crippen LogP contribution in [0.15, 0.2) is 41.3 Å². The lowest BCUT2D eigenvalue weighted by molar-refractivity contribution is -0.880. The summed E-state index contributed by atoms with van der Waals surface area (Å²) in [6.07, 6.45) is 0. The van der Waals surface area contributed by atoms with Crippen LogP contribution in [0.2, 0.25) is 0 Å². The van der Waals surface area contributed by atoms with Crippen molar-refractivity contribution in [3.63, 3.8) is 0 Å². The van der Waals surface area contributed by atoms with Crippen molar-refractivity contribution in [2.24, 2.45) is 0 Å². The minimum absolute atomic E-state index is 0.0306. The summed E-state index contributed by atoms with van der Waals surface area (Å²) in [5, 5.41) is 5.77. The van der Waals surface area contributed by atoms with Gasteiger partial charge in [0.15, 0.2) is 0 Å². The molecule has 0 aliphatic carbocycles. The number of quaternary nitrogens is 1. The average Bonchev–Trinajstić information content (AvgIpc) is 2.70. The van der Waals surface area contributed by atoms with Crippen molar-refractivity contribution < 1.29 is 14.5 Å². The van der Waals surface area contributed by atoms with Crippen LogP contribution in [0.4, 0.5) is 17.1 Å². The minimum Gasteiger partial charge on any atom is -0.360 e. The zero-order valence-electron chi connectivity index (χ0n) is 17.0. The average molecular weight is 412 g/mol. The standard InChI is InChI=1S/C22H26N4O2S/c1-14-12-17(26-10-8-25(3)9-11-26)5-6-18(14)23-22(28)16-4-7-20-19(13-16)24-21(27)15(2)29-20/h4-7,12-13,15H,8-11H2,1-3H3,(H,23,28)(H,24,27)/p+1/t15-/m0/s1. The van der Waals surface area contributed by atoms with Gasteiger partial charge in [-0.1, -0.05) is 0 Å². The molecule has 2 aliphatic rings. The number of hydrogen-bond donors (Lipinski definition) is 3. The minimum atomic E-state index is -0.176. The monoisotopic (exact) mass is 411 g/mol. The number of benzene rings is 2. The number of fused-ring (bicyclic) bond motifs is 1. The maximum atomic E-state index is 12.8. The molecule has 0 bridgehead atoms. The van der Waals surface area contributed by atoms with Crippen LogP contribution < -0.4 is 20.4 Å². The Morgan fingerprint density at radius 2 is 1.97 bits per heavy atom. The molecule has 6 nitrogen and oxygen atoms in total. The summed E-state index contributed by atoms with van der Waals surface area (Å²) in [7, 11) is 2.23. The van der Waals surface area contributed by atoms with Crippen molar-refractivity contribution in [2.45, 2.75) is 24.0 Å². The number of rotatable bonds is 3. The molecular weight excluding hydrogens is 384 g/mol. The molecule has 2 aromatic carbocycles. The largest absolute Gasteiger partial charge is 0.360 e. The fourth-order valence-electron chi connectivity index (χ4n) is 3.68. The molecule has 0 spiro atoms. The molecule has 2 aliphatic heterocycles. The zero-order valence-corrected chi connectivity index (χ0v) is 17.9. The van der Waals surface area contributed by atoms with Gasteiger partial charge in [-0.15, -0.1) is 11.8 Å². The molecule has 0 aromatic heterocycles. The number of aryl methyl sites for hydroxylation is 1. The van der Waals surface area contributed by atoms with Crippen LogP contribution in [-0.4, -0.2) is 50.3 Å². The zero-order chi connectivity index (χ0) is 20.5. The van der Waals surface area contributed by atoms with Crippen molar-refractivity contribution in [2.75, 3.05) is 48.8 Å². The van der Waals surface area contributed by atoms with Gasteiger partial charge in [-0.05, 0) is 55.8 Å². The molecule has 4 rings (SSSR count). The Morgan fingerprint density at radius 3 is 2.69 bits per heavy atom. The molecule has 2 heterocycles. The molecule has 0 unspecified atom stereocenters. The summed E-state index contributed by atoms with van der Waals surface area (Å²) in [5.74, 6) is -0.207. The Hall–Kier alpha value is -2.51. The molecule has 1 fully saturated rings. The lowest BCUT2D eigenvalue weighted by Crippen LogP contribution is -3.12. The van der Waals surface area contributed by atoms with E-state index in [1.165, 1.54) is 17.4 Å². The highest BCUT2D eigenvalue weighted by atomic mass is 32.2. The maximum absolute atomic E-state index is 12.8. The lowest BCUT2D eigenvalue weighted by Gasteiger charge is -2.32. The predicted molar refractivity (Wildman–Crippen MR) is 118 cm³/mol. The number of nitrogens with one attached hydrogen (secondary N) is 3. The van der Waals surface area contributed by atoms with Crippen LogP contribution in [0.25, 0.3) is 0 Å². The van der Waals surface area contributed by atoms with Crippen LogP contribution in [0.3, 0.4) is 0 Å². The quantitative estimate of drug-likeness (QED) is 0.723. The highest BCUT2D eigenvalue weighted by Gasteiger charge is 2.24. The summed E-state index contributed by atoms with van der Waals surface area (Å²) in [5.41, 5.74) is 4.29. The molecule has 2 amide bonds. The second-order valence-electron chi connectivity index (χ2n) is 7.86. The number of carbonyl (C=O) groups excluding carboxylic acids is 2. The Morgan fingerprint density at radius 1 is 1.21 bits per heavy atom. The lowest BCUT2D eigenvalue weighted by atomic mass is 10.1. The van der Waals surface area contributed by atoms with Gasteiger partial charge in [0.05, 0.1) is 44.2 Å². The molecule has 152 valence electrons. The van der Waals surface area contributed by atoms with E-state index >= 15 is 0 Å². The molecule has 2 aromatic rings. The Balaban J connectivity index is 1.47. The third-order valence-electron chi connectivity index (χ3n) is 5.61. The number of likely N-dealkylation sites (N-methyl/N-ethyl adjacent to an activating group) is 1. The van der Waals surface area contributed by atoms with E-state index < -0.39 is 0 Å². The smallest absolute Gasteiger partial charge is 0.255 e. The predicted octanol–water partition coefficient (Wildman–Crippen LogP) is 2.01. The maximum Gasteiger partial charge on any atom is 0.255 e. The van der Waals surface area contributed by atoms with Gasteiger partial charge in [0.25, 0.3) is 5.91 Å². The number of hydrogen-bond acceptors (Lipinski definition) is 4. The van der Waals surface area contributed by atoms with Gasteiger partial charge in [0.2, 0.25) is 5.91 Å². The number of amides is 2. The van der Waals surface area contributed by atoms with Crippen molar-refractivity contribution in [3.8, 4) is 0 Å². The second-order valence-corrected chi connectivity index (χ2v) is 9.24. The van der Waals surface area contributed by atoms with Gasteiger partial charge in [-0.2, -0.15) is 0 Å². The van der Waals surface area contributed by atoms with Crippen LogP contribution in [0.1, 0.15) is 22.8 Å². The summed E-state index contributed by atoms with van der Waals surface area (Å²) >= 11 is 1.51. The summed E-state index contributed by atoms with van der Waals surface area (Å²) in [4.78, 5) is 29.6. The van der Waals surface area contributed by atoms with E-state index in [1.54, 1.807) is 11.0 Å². The summed E-state index contributed by atoms with van der Waals surface area (Å²) < 4.78 is 0. The first-order chi connectivity index (χ1) is 13.9. The first-order valence-corrected chi connectivity index (χ1v) is 10.9. The molecular formula is C22H27N4O2S+. The Labute approximate surface area is 175 Å². The van der Waals surface area contributed by atoms with Crippen molar-refractivity contribution >= 4 is 40.6 Å². The van der Waals surface area contributed by atoms with Crippen molar-refractivity contribution in [1.29, 1.82) is 0 Å². The molecule has 3 N–H and O–H groups in total. The third-order valence-corrected chi connectivity index (χ3v) is 6.79. The van der Waals surface area contributed by atoms with Crippen LogP contribution >= 0.6 is 11.8 Å². The van der Waals surface area contributed by atoms with E-state index in [2.05, 4.69) is 34.7 Å². The Kier molecular flexibility index (Phi) is 5.52. The number of carbonyl (C=O) groups is 2. The summed E-state index contributed by atoms with van der Waals surface area (Å²) in [6, 6.07) is 11.6. The van der Waals surface area contributed by atoms with Crippen molar-refractivity contribution in [3.05, 3.63) is 47.5 Å². The molecule has 29 heavy (non-hydrogen) atoms. The fourth-order valence-corrected chi connectivity index (χ4v) is 4.61. The number of thioether (sulfide) groups is 1. The van der Waals surface area contributed by atoms with Gasteiger partial charge >= 0.3 is 0 Å². The number of piperazine rings is 1. The van der Waals surface area contributed by atoms with Gasteiger partial charge in [0, 0.05) is 21.8 Å². The first-order valence-electron chi connectivity index (χ1n) is 10.0. The molecule has 0 radical (unpaired) electrons. The second kappa shape index (κ2) is 8.08. The van der Waals surface area contributed by atoms with Gasteiger partial charge in [0.1, 0.15) is 0 Å². The van der Waals surface area contributed by atoms with E-state index in [1.807, 2.05) is 32.0 Å². The number of anilines is 3.